The first-order chi connectivity index (χ1) is 9.67. The van der Waals surface area contributed by atoms with Crippen molar-refractivity contribution in [2.24, 2.45) is 0 Å². The molecule has 0 spiro atoms. The summed E-state index contributed by atoms with van der Waals surface area (Å²) < 4.78 is 13.2. The molecule has 0 amide bonds. The number of likely N-dealkylation sites (tertiary alicyclic amines) is 1. The third-order valence-electron chi connectivity index (χ3n) is 4.99. The fourth-order valence-electron chi connectivity index (χ4n) is 3.85. The normalized spacial score (nSPS) is 18.4. The van der Waals surface area contributed by atoms with E-state index in [-0.39, 0.29) is 17.4 Å². The van der Waals surface area contributed by atoms with Gasteiger partial charge in [0, 0.05) is 5.54 Å². The largest absolute Gasteiger partial charge is 0.311 e. The Morgan fingerprint density at radius 3 is 2.15 bits per heavy atom. The Morgan fingerprint density at radius 2 is 1.70 bits per heavy atom. The summed E-state index contributed by atoms with van der Waals surface area (Å²) in [6.45, 7) is 6.91. The zero-order valence-electron chi connectivity index (χ0n) is 13.0. The van der Waals surface area contributed by atoms with Gasteiger partial charge in [-0.05, 0) is 63.5 Å². The van der Waals surface area contributed by atoms with Crippen molar-refractivity contribution in [1.29, 1.82) is 0 Å². The Labute approximate surface area is 122 Å². The van der Waals surface area contributed by atoms with Crippen molar-refractivity contribution < 1.29 is 4.39 Å². The van der Waals surface area contributed by atoms with Crippen molar-refractivity contribution in [2.45, 2.75) is 51.1 Å². The predicted octanol–water partition coefficient (Wildman–Crippen LogP) is 3.74. The Hall–Kier alpha value is -0.930. The minimum Gasteiger partial charge on any atom is -0.311 e. The van der Waals surface area contributed by atoms with Gasteiger partial charge in [0.1, 0.15) is 5.82 Å². The maximum absolute atomic E-state index is 13.2. The molecule has 0 aromatic heterocycles. The van der Waals surface area contributed by atoms with E-state index in [0.29, 0.717) is 0 Å². The Kier molecular flexibility index (Phi) is 5.17. The van der Waals surface area contributed by atoms with Crippen LogP contribution in [0.2, 0.25) is 0 Å². The van der Waals surface area contributed by atoms with Crippen LogP contribution in [0.4, 0.5) is 4.39 Å². The van der Waals surface area contributed by atoms with E-state index in [1.165, 1.54) is 31.5 Å². The second-order valence-electron chi connectivity index (χ2n) is 5.78. The van der Waals surface area contributed by atoms with Gasteiger partial charge in [-0.2, -0.15) is 0 Å². The molecule has 2 nitrogen and oxygen atoms in total. The van der Waals surface area contributed by atoms with E-state index in [0.717, 1.165) is 12.8 Å². The van der Waals surface area contributed by atoms with Crippen LogP contribution >= 0.6 is 0 Å². The molecule has 1 aromatic carbocycles. The number of hydrogen-bond donors (Lipinski definition) is 1. The van der Waals surface area contributed by atoms with E-state index in [9.17, 15) is 4.39 Å². The van der Waals surface area contributed by atoms with E-state index in [4.69, 9.17) is 0 Å². The lowest BCUT2D eigenvalue weighted by molar-refractivity contribution is 0.0647. The molecule has 1 N–H and O–H groups in total. The first-order valence-corrected chi connectivity index (χ1v) is 7.85. The van der Waals surface area contributed by atoms with Gasteiger partial charge in [-0.1, -0.05) is 26.0 Å². The summed E-state index contributed by atoms with van der Waals surface area (Å²) in [6.07, 6.45) is 4.79. The fourth-order valence-corrected chi connectivity index (χ4v) is 3.85. The molecule has 20 heavy (non-hydrogen) atoms. The molecule has 3 heteroatoms. The Morgan fingerprint density at radius 1 is 1.15 bits per heavy atom. The SMILES string of the molecule is CCC(CC)(C(NC)c1ccc(F)cc1)N1CCCC1. The summed E-state index contributed by atoms with van der Waals surface area (Å²) in [5.41, 5.74) is 1.31. The Balaban J connectivity index is 2.35. The van der Waals surface area contributed by atoms with Crippen LogP contribution in [0.3, 0.4) is 0 Å². The molecule has 1 atom stereocenters. The van der Waals surface area contributed by atoms with Crippen LogP contribution in [0.1, 0.15) is 51.1 Å². The minimum absolute atomic E-state index is 0.128. The molecule has 1 aromatic rings. The van der Waals surface area contributed by atoms with Crippen LogP contribution < -0.4 is 5.32 Å². The van der Waals surface area contributed by atoms with Crippen LogP contribution in [-0.2, 0) is 0 Å². The summed E-state index contributed by atoms with van der Waals surface area (Å²) in [6, 6.07) is 7.23. The molecule has 1 heterocycles. The van der Waals surface area contributed by atoms with Gasteiger partial charge in [-0.3, -0.25) is 4.90 Å². The summed E-state index contributed by atoms with van der Waals surface area (Å²) in [7, 11) is 2.02. The first kappa shape index (κ1) is 15.5. The number of nitrogens with zero attached hydrogens (tertiary/aromatic N) is 1. The van der Waals surface area contributed by atoms with Crippen LogP contribution in [-0.4, -0.2) is 30.6 Å². The summed E-state index contributed by atoms with van der Waals surface area (Å²) in [4.78, 5) is 2.64. The molecule has 1 saturated heterocycles. The van der Waals surface area contributed by atoms with Crippen LogP contribution in [0.15, 0.2) is 24.3 Å². The quantitative estimate of drug-likeness (QED) is 0.852. The van der Waals surface area contributed by atoms with Crippen LogP contribution in [0, 0.1) is 5.82 Å². The molecule has 1 fully saturated rings. The number of hydrogen-bond acceptors (Lipinski definition) is 2. The van der Waals surface area contributed by atoms with E-state index < -0.39 is 0 Å². The van der Waals surface area contributed by atoms with Gasteiger partial charge in [-0.25, -0.2) is 4.39 Å². The van der Waals surface area contributed by atoms with Crippen molar-refractivity contribution >= 4 is 0 Å². The highest BCUT2D eigenvalue weighted by Crippen LogP contribution is 2.39. The van der Waals surface area contributed by atoms with Gasteiger partial charge in [-0.15, -0.1) is 0 Å². The molecule has 0 radical (unpaired) electrons. The van der Waals surface area contributed by atoms with Gasteiger partial charge in [0.15, 0.2) is 0 Å². The van der Waals surface area contributed by atoms with Crippen molar-refractivity contribution in [2.75, 3.05) is 20.1 Å². The lowest BCUT2D eigenvalue weighted by atomic mass is 9.79. The summed E-state index contributed by atoms with van der Waals surface area (Å²) >= 11 is 0. The van der Waals surface area contributed by atoms with Crippen LogP contribution in [0.5, 0.6) is 0 Å². The first-order valence-electron chi connectivity index (χ1n) is 7.85. The number of halogens is 1. The summed E-state index contributed by atoms with van der Waals surface area (Å²) in [5, 5.41) is 3.49. The monoisotopic (exact) mass is 278 g/mol. The summed E-state index contributed by atoms with van der Waals surface area (Å²) in [5.74, 6) is -0.164. The smallest absolute Gasteiger partial charge is 0.123 e. The molecule has 0 aliphatic carbocycles. The third kappa shape index (κ3) is 2.75. The number of nitrogens with one attached hydrogen (secondary N) is 1. The van der Waals surface area contributed by atoms with E-state index in [2.05, 4.69) is 24.1 Å². The van der Waals surface area contributed by atoms with E-state index in [1.54, 1.807) is 12.1 Å². The zero-order chi connectivity index (χ0) is 14.6. The average Bonchev–Trinajstić information content (AvgIpc) is 3.01. The number of benzene rings is 1. The molecule has 1 aliphatic heterocycles. The Bertz CT molecular complexity index is 406. The topological polar surface area (TPSA) is 15.3 Å². The highest BCUT2D eigenvalue weighted by Gasteiger charge is 2.42. The maximum Gasteiger partial charge on any atom is 0.123 e. The fraction of sp³-hybridized carbons (Fsp3) is 0.647. The molecule has 2 rings (SSSR count). The molecular formula is C17H27FN2. The predicted molar refractivity (Wildman–Crippen MR) is 82.3 cm³/mol. The molecule has 0 saturated carbocycles. The van der Waals surface area contributed by atoms with E-state index >= 15 is 0 Å². The van der Waals surface area contributed by atoms with Crippen molar-refractivity contribution in [3.63, 3.8) is 0 Å². The zero-order valence-corrected chi connectivity index (χ0v) is 13.0. The lowest BCUT2D eigenvalue weighted by Gasteiger charge is -2.47. The standard InChI is InChI=1S/C17H27FN2/c1-4-17(5-2,20-12-6-7-13-20)16(19-3)14-8-10-15(18)11-9-14/h8-11,16,19H,4-7,12-13H2,1-3H3. The second-order valence-corrected chi connectivity index (χ2v) is 5.78. The van der Waals surface area contributed by atoms with Crippen molar-refractivity contribution in [3.05, 3.63) is 35.6 Å². The second kappa shape index (κ2) is 6.68. The lowest BCUT2D eigenvalue weighted by Crippen LogP contribution is -2.54. The number of rotatable bonds is 6. The van der Waals surface area contributed by atoms with Crippen LogP contribution in [0.25, 0.3) is 0 Å². The van der Waals surface area contributed by atoms with Gasteiger partial charge in [0.25, 0.3) is 0 Å². The highest BCUT2D eigenvalue weighted by atomic mass is 19.1. The molecule has 1 aliphatic rings. The van der Waals surface area contributed by atoms with Gasteiger partial charge < -0.3 is 5.32 Å². The van der Waals surface area contributed by atoms with Gasteiger partial charge in [0.2, 0.25) is 0 Å². The van der Waals surface area contributed by atoms with Gasteiger partial charge in [0.05, 0.1) is 6.04 Å². The third-order valence-corrected chi connectivity index (χ3v) is 4.99. The number of likely N-dealkylation sites (N-methyl/N-ethyl adjacent to an activating group) is 1. The van der Waals surface area contributed by atoms with Gasteiger partial charge >= 0.3 is 0 Å². The maximum atomic E-state index is 13.2. The molecule has 0 bridgehead atoms. The molecule has 112 valence electrons. The average molecular weight is 278 g/mol. The molecular weight excluding hydrogens is 251 g/mol. The molecule has 1 unspecified atom stereocenters. The van der Waals surface area contributed by atoms with Crippen molar-refractivity contribution in [3.8, 4) is 0 Å². The van der Waals surface area contributed by atoms with Crippen molar-refractivity contribution in [1.82, 2.24) is 10.2 Å². The highest BCUT2D eigenvalue weighted by molar-refractivity contribution is 5.24. The minimum atomic E-state index is -0.164. The van der Waals surface area contributed by atoms with E-state index in [1.807, 2.05) is 19.2 Å².